The quantitative estimate of drug-likeness (QED) is 0.124. The number of rotatable bonds is 0. The van der Waals surface area contributed by atoms with Gasteiger partial charge < -0.3 is 0 Å². The molecule has 0 heterocycles. The second kappa shape index (κ2) is 8.81. The summed E-state index contributed by atoms with van der Waals surface area (Å²) in [5, 5.41) is 26.4. The van der Waals surface area contributed by atoms with Gasteiger partial charge in [-0.25, -0.2) is 0 Å². The minimum absolute atomic E-state index is 1.31. The molecule has 11 aromatic rings. The molecule has 0 spiro atoms. The van der Waals surface area contributed by atoms with E-state index in [0.29, 0.717) is 0 Å². The second-order valence-electron chi connectivity index (χ2n) is 12.7. The van der Waals surface area contributed by atoms with E-state index in [0.717, 1.165) is 0 Å². The van der Waals surface area contributed by atoms with E-state index in [4.69, 9.17) is 0 Å². The standard InChI is InChI=1S/C46H26/c1-7-19-33-27(13-1)29-15-3-9-21-35(29)45-41-26-42-40(25-39(41)31-17-5-11-23-37(31)43(33)45)32-18-6-12-24-38(32)44-34-20-8-2-14-28(34)30-16-4-10-22-36(30)46(42)44/h1-26H. The third kappa shape index (κ3) is 2.99. The van der Waals surface area contributed by atoms with Crippen LogP contribution in [0.25, 0.3) is 108 Å². The van der Waals surface area contributed by atoms with Gasteiger partial charge >= 0.3 is 0 Å². The zero-order valence-corrected chi connectivity index (χ0v) is 25.0. The minimum Gasteiger partial charge on any atom is -0.0616 e. The summed E-state index contributed by atoms with van der Waals surface area (Å²) >= 11 is 0. The highest BCUT2D eigenvalue weighted by atomic mass is 14.2. The van der Waals surface area contributed by atoms with E-state index in [2.05, 4.69) is 158 Å². The van der Waals surface area contributed by atoms with Crippen molar-refractivity contribution in [3.05, 3.63) is 158 Å². The van der Waals surface area contributed by atoms with Crippen LogP contribution in [0.3, 0.4) is 0 Å². The van der Waals surface area contributed by atoms with Crippen LogP contribution in [0.15, 0.2) is 158 Å². The summed E-state index contributed by atoms with van der Waals surface area (Å²) in [5.41, 5.74) is 0. The highest BCUT2D eigenvalue weighted by Gasteiger charge is 2.20. The van der Waals surface area contributed by atoms with Gasteiger partial charge in [0.15, 0.2) is 0 Å². The molecule has 0 saturated heterocycles. The predicted octanol–water partition coefficient (Wildman–Crippen LogP) is 13.2. The Morgan fingerprint density at radius 3 is 0.587 bits per heavy atom. The molecule has 0 fully saturated rings. The number of hydrogen-bond acceptors (Lipinski definition) is 0. The first-order valence-corrected chi connectivity index (χ1v) is 16.1. The maximum Gasteiger partial charge on any atom is -0.00137 e. The molecule has 0 unspecified atom stereocenters. The summed E-state index contributed by atoms with van der Waals surface area (Å²) < 4.78 is 0. The maximum atomic E-state index is 2.54. The molecule has 0 bridgehead atoms. The van der Waals surface area contributed by atoms with E-state index in [9.17, 15) is 0 Å². The molecule has 0 radical (unpaired) electrons. The monoisotopic (exact) mass is 578 g/mol. The average molecular weight is 579 g/mol. The fourth-order valence-electron chi connectivity index (χ4n) is 8.73. The van der Waals surface area contributed by atoms with Crippen LogP contribution < -0.4 is 0 Å². The van der Waals surface area contributed by atoms with Gasteiger partial charge in [-0.15, -0.1) is 0 Å². The first kappa shape index (κ1) is 24.4. The molecule has 0 aliphatic heterocycles. The summed E-state index contributed by atoms with van der Waals surface area (Å²) in [7, 11) is 0. The molecule has 0 aliphatic carbocycles. The minimum atomic E-state index is 1.31. The first-order chi connectivity index (χ1) is 22.9. The lowest BCUT2D eigenvalue weighted by molar-refractivity contribution is 1.78. The lowest BCUT2D eigenvalue weighted by Gasteiger charge is -2.19. The van der Waals surface area contributed by atoms with Gasteiger partial charge in [-0.2, -0.15) is 0 Å². The first-order valence-electron chi connectivity index (χ1n) is 16.1. The molecule has 210 valence electrons. The molecule has 0 nitrogen and oxygen atoms in total. The van der Waals surface area contributed by atoms with Gasteiger partial charge in [0, 0.05) is 0 Å². The molecule has 46 heavy (non-hydrogen) atoms. The van der Waals surface area contributed by atoms with E-state index < -0.39 is 0 Å². The van der Waals surface area contributed by atoms with Crippen molar-refractivity contribution in [3.63, 3.8) is 0 Å². The van der Waals surface area contributed by atoms with Crippen molar-refractivity contribution in [3.8, 4) is 0 Å². The van der Waals surface area contributed by atoms with Crippen LogP contribution in [0, 0.1) is 0 Å². The van der Waals surface area contributed by atoms with Gasteiger partial charge in [-0.05, 0) is 120 Å². The highest BCUT2D eigenvalue weighted by molar-refractivity contribution is 6.44. The third-order valence-electron chi connectivity index (χ3n) is 10.5. The topological polar surface area (TPSA) is 0 Å². The Morgan fingerprint density at radius 1 is 0.152 bits per heavy atom. The van der Waals surface area contributed by atoms with Gasteiger partial charge in [0.2, 0.25) is 0 Å². The second-order valence-corrected chi connectivity index (χ2v) is 12.7. The predicted molar refractivity (Wildman–Crippen MR) is 202 cm³/mol. The number of benzene rings is 11. The Labute approximate surface area is 264 Å². The molecular formula is C46H26. The Morgan fingerprint density at radius 2 is 0.326 bits per heavy atom. The summed E-state index contributed by atoms with van der Waals surface area (Å²) in [6.07, 6.45) is 0. The van der Waals surface area contributed by atoms with Crippen molar-refractivity contribution in [1.82, 2.24) is 0 Å². The molecule has 0 amide bonds. The Kier molecular flexibility index (Phi) is 4.66. The molecule has 0 aliphatic rings. The van der Waals surface area contributed by atoms with Crippen LogP contribution in [0.2, 0.25) is 0 Å². The Hall–Kier alpha value is -5.98. The lowest BCUT2D eigenvalue weighted by atomic mass is 9.83. The summed E-state index contributed by atoms with van der Waals surface area (Å²) in [6, 6.07) is 59.0. The highest BCUT2D eigenvalue weighted by Crippen LogP contribution is 2.48. The van der Waals surface area contributed by atoms with E-state index in [1.54, 1.807) is 0 Å². The van der Waals surface area contributed by atoms with Gasteiger partial charge in [-0.1, -0.05) is 146 Å². The molecule has 0 heteroatoms. The van der Waals surface area contributed by atoms with Crippen molar-refractivity contribution in [2.24, 2.45) is 0 Å². The fourth-order valence-corrected chi connectivity index (χ4v) is 8.73. The number of hydrogen-bond donors (Lipinski definition) is 0. The molecule has 0 atom stereocenters. The zero-order chi connectivity index (χ0) is 29.9. The zero-order valence-electron chi connectivity index (χ0n) is 25.0. The van der Waals surface area contributed by atoms with Crippen LogP contribution in [-0.4, -0.2) is 0 Å². The van der Waals surface area contributed by atoms with Crippen molar-refractivity contribution in [2.75, 3.05) is 0 Å². The van der Waals surface area contributed by atoms with Gasteiger partial charge in [0.1, 0.15) is 0 Å². The molecule has 0 aromatic heterocycles. The molecule has 11 rings (SSSR count). The summed E-state index contributed by atoms with van der Waals surface area (Å²) in [4.78, 5) is 0. The van der Waals surface area contributed by atoms with E-state index in [1.807, 2.05) is 0 Å². The van der Waals surface area contributed by atoms with E-state index in [1.165, 1.54) is 108 Å². The van der Waals surface area contributed by atoms with Crippen molar-refractivity contribution >= 4 is 108 Å². The molecule has 0 N–H and O–H groups in total. The van der Waals surface area contributed by atoms with Crippen LogP contribution in [0.5, 0.6) is 0 Å². The fraction of sp³-hybridized carbons (Fsp3) is 0. The number of fused-ring (bicyclic) bond motifs is 22. The van der Waals surface area contributed by atoms with Gasteiger partial charge in [0.25, 0.3) is 0 Å². The molecule has 11 aromatic carbocycles. The third-order valence-corrected chi connectivity index (χ3v) is 10.5. The lowest BCUT2D eigenvalue weighted by Crippen LogP contribution is -1.91. The Bertz CT molecular complexity index is 2920. The van der Waals surface area contributed by atoms with Crippen LogP contribution in [0.4, 0.5) is 0 Å². The van der Waals surface area contributed by atoms with Crippen LogP contribution >= 0.6 is 0 Å². The van der Waals surface area contributed by atoms with Gasteiger partial charge in [0.05, 0.1) is 0 Å². The Balaban J connectivity index is 1.53. The average Bonchev–Trinajstić information content (AvgIpc) is 3.14. The smallest absolute Gasteiger partial charge is 0.00137 e. The largest absolute Gasteiger partial charge is 0.0616 e. The maximum absolute atomic E-state index is 2.54. The van der Waals surface area contributed by atoms with Gasteiger partial charge in [-0.3, -0.25) is 0 Å². The van der Waals surface area contributed by atoms with Crippen LogP contribution in [0.1, 0.15) is 0 Å². The molecular weight excluding hydrogens is 553 g/mol. The van der Waals surface area contributed by atoms with E-state index >= 15 is 0 Å². The van der Waals surface area contributed by atoms with Crippen molar-refractivity contribution < 1.29 is 0 Å². The van der Waals surface area contributed by atoms with Crippen molar-refractivity contribution in [2.45, 2.75) is 0 Å². The van der Waals surface area contributed by atoms with E-state index in [-0.39, 0.29) is 0 Å². The summed E-state index contributed by atoms with van der Waals surface area (Å²) in [6.45, 7) is 0. The SMILES string of the molecule is c1ccc2c(c1)c1ccccc1c1c3cc4c(cc3c3ccccc3c21)c1ccccc1c1c2ccccc2c2ccccc2c41. The summed E-state index contributed by atoms with van der Waals surface area (Å²) in [5.74, 6) is 0. The normalized spacial score (nSPS) is 12.3. The molecule has 0 saturated carbocycles. The van der Waals surface area contributed by atoms with Crippen LogP contribution in [-0.2, 0) is 0 Å². The van der Waals surface area contributed by atoms with Crippen molar-refractivity contribution in [1.29, 1.82) is 0 Å².